The van der Waals surface area contributed by atoms with Crippen molar-refractivity contribution < 1.29 is 18.0 Å². The van der Waals surface area contributed by atoms with E-state index in [1.54, 1.807) is 24.3 Å². The summed E-state index contributed by atoms with van der Waals surface area (Å²) in [5.41, 5.74) is 7.69. The third-order valence-corrected chi connectivity index (χ3v) is 8.71. The van der Waals surface area contributed by atoms with E-state index in [1.165, 1.54) is 4.31 Å². The maximum absolute atomic E-state index is 13.1. The van der Waals surface area contributed by atoms with Gasteiger partial charge in [-0.1, -0.05) is 36.4 Å². The number of amides is 2. The van der Waals surface area contributed by atoms with E-state index in [-0.39, 0.29) is 23.3 Å². The fraction of sp³-hybridized carbons (Fsp3) is 0.308. The first-order chi connectivity index (χ1) is 16.8. The Hall–Kier alpha value is -3.43. The molecule has 0 atom stereocenters. The number of likely N-dealkylation sites (tertiary alicyclic amines) is 1. The third kappa shape index (κ3) is 4.61. The molecule has 182 valence electrons. The molecule has 0 spiro atoms. The van der Waals surface area contributed by atoms with Gasteiger partial charge in [0, 0.05) is 23.5 Å². The summed E-state index contributed by atoms with van der Waals surface area (Å²) in [4.78, 5) is 26.6. The Labute approximate surface area is 204 Å². The molecule has 0 saturated carbocycles. The van der Waals surface area contributed by atoms with Gasteiger partial charge in [-0.2, -0.15) is 0 Å². The molecule has 2 aliphatic rings. The summed E-state index contributed by atoms with van der Waals surface area (Å²) in [7, 11) is -3.78. The molecule has 9 heteroatoms. The number of carbonyl (C=O) groups excluding carboxylic acids is 2. The van der Waals surface area contributed by atoms with E-state index in [0.29, 0.717) is 16.8 Å². The molecule has 1 fully saturated rings. The van der Waals surface area contributed by atoms with Crippen molar-refractivity contribution in [2.24, 2.45) is 11.7 Å². The predicted molar refractivity (Wildman–Crippen MR) is 136 cm³/mol. The fourth-order valence-electron chi connectivity index (χ4n) is 4.94. The Morgan fingerprint density at radius 1 is 0.971 bits per heavy atom. The lowest BCUT2D eigenvalue weighted by Crippen LogP contribution is -2.39. The van der Waals surface area contributed by atoms with E-state index in [0.717, 1.165) is 49.8 Å². The first-order valence-corrected chi connectivity index (χ1v) is 13.2. The van der Waals surface area contributed by atoms with Gasteiger partial charge in [0.05, 0.1) is 10.6 Å². The Balaban J connectivity index is 1.18. The zero-order valence-corrected chi connectivity index (χ0v) is 20.1. The van der Waals surface area contributed by atoms with E-state index in [2.05, 4.69) is 10.2 Å². The third-order valence-electron chi connectivity index (χ3n) is 6.91. The number of nitrogens with zero attached hydrogens (tertiary/aromatic N) is 2. The molecule has 5 rings (SSSR count). The molecule has 3 aromatic carbocycles. The molecule has 0 unspecified atom stereocenters. The maximum atomic E-state index is 13.1. The Kier molecular flexibility index (Phi) is 6.21. The van der Waals surface area contributed by atoms with Gasteiger partial charge in [0.15, 0.2) is 0 Å². The van der Waals surface area contributed by atoms with Crippen LogP contribution in [0.25, 0.3) is 10.8 Å². The highest BCUT2D eigenvalue weighted by molar-refractivity contribution is 7.93. The molecular formula is C26H28N4O4S. The molecule has 0 radical (unpaired) electrons. The van der Waals surface area contributed by atoms with Crippen LogP contribution in [0.5, 0.6) is 0 Å². The first-order valence-electron chi connectivity index (χ1n) is 11.8. The van der Waals surface area contributed by atoms with Crippen molar-refractivity contribution in [2.75, 3.05) is 35.8 Å². The minimum atomic E-state index is -3.78. The Bertz CT molecular complexity index is 1370. The summed E-state index contributed by atoms with van der Waals surface area (Å²) in [5.74, 6) is -0.610. The highest BCUT2D eigenvalue weighted by Gasteiger charge is 2.36. The molecule has 2 heterocycles. The Morgan fingerprint density at radius 2 is 1.66 bits per heavy atom. The van der Waals surface area contributed by atoms with E-state index < -0.39 is 15.9 Å². The first kappa shape index (κ1) is 23.3. The fourth-order valence-corrected chi connectivity index (χ4v) is 6.61. The smallest absolute Gasteiger partial charge is 0.265 e. The maximum Gasteiger partial charge on any atom is 0.265 e. The van der Waals surface area contributed by atoms with Crippen molar-refractivity contribution in [3.8, 4) is 0 Å². The summed E-state index contributed by atoms with van der Waals surface area (Å²) in [6.45, 7) is 2.35. The van der Waals surface area contributed by atoms with Crippen molar-refractivity contribution >= 4 is 44.0 Å². The number of nitrogens with one attached hydrogen (secondary N) is 1. The molecule has 8 nitrogen and oxygen atoms in total. The predicted octanol–water partition coefficient (Wildman–Crippen LogP) is 2.73. The van der Waals surface area contributed by atoms with E-state index in [4.69, 9.17) is 5.73 Å². The van der Waals surface area contributed by atoms with Gasteiger partial charge in [0.25, 0.3) is 10.0 Å². The molecular weight excluding hydrogens is 464 g/mol. The van der Waals surface area contributed by atoms with Gasteiger partial charge in [0.1, 0.15) is 6.54 Å². The summed E-state index contributed by atoms with van der Waals surface area (Å²) in [6.07, 6.45) is 2.49. The van der Waals surface area contributed by atoms with Crippen LogP contribution in [0.15, 0.2) is 65.6 Å². The molecule has 3 N–H and O–H groups in total. The van der Waals surface area contributed by atoms with E-state index in [9.17, 15) is 18.0 Å². The normalized spacial score (nSPS) is 17.5. The Morgan fingerprint density at radius 3 is 2.34 bits per heavy atom. The lowest BCUT2D eigenvalue weighted by Gasteiger charge is -2.30. The van der Waals surface area contributed by atoms with E-state index in [1.807, 2.05) is 36.4 Å². The number of primary amides is 1. The number of anilines is 2. The molecule has 0 aliphatic carbocycles. The SMILES string of the molecule is NC(=O)C1CCN(CCc2ccc(NC(=O)CN3c4cccc5cccc(c45)S3(=O)=O)cc2)CC1. The van der Waals surface area contributed by atoms with Crippen LogP contribution in [-0.4, -0.2) is 51.3 Å². The van der Waals surface area contributed by atoms with Gasteiger partial charge in [-0.15, -0.1) is 0 Å². The highest BCUT2D eigenvalue weighted by Crippen LogP contribution is 2.41. The lowest BCUT2D eigenvalue weighted by atomic mass is 9.96. The highest BCUT2D eigenvalue weighted by atomic mass is 32.2. The van der Waals surface area contributed by atoms with Crippen molar-refractivity contribution in [1.29, 1.82) is 0 Å². The summed E-state index contributed by atoms with van der Waals surface area (Å²) in [6, 6.07) is 18.2. The molecule has 0 aromatic heterocycles. The monoisotopic (exact) mass is 492 g/mol. The van der Waals surface area contributed by atoms with Crippen LogP contribution in [0.4, 0.5) is 11.4 Å². The molecule has 3 aromatic rings. The summed E-state index contributed by atoms with van der Waals surface area (Å²) in [5, 5.41) is 4.31. The number of sulfonamides is 1. The number of piperidine rings is 1. The zero-order valence-electron chi connectivity index (χ0n) is 19.3. The minimum Gasteiger partial charge on any atom is -0.369 e. The van der Waals surface area contributed by atoms with Crippen LogP contribution < -0.4 is 15.4 Å². The number of carbonyl (C=O) groups is 2. The van der Waals surface area contributed by atoms with Gasteiger partial charge in [-0.05, 0) is 67.6 Å². The molecule has 1 saturated heterocycles. The molecule has 2 amide bonds. The van der Waals surface area contributed by atoms with Gasteiger partial charge < -0.3 is 16.0 Å². The zero-order chi connectivity index (χ0) is 24.6. The van der Waals surface area contributed by atoms with Crippen LogP contribution in [0.1, 0.15) is 18.4 Å². The number of rotatable bonds is 7. The van der Waals surface area contributed by atoms with Crippen molar-refractivity contribution in [2.45, 2.75) is 24.2 Å². The van der Waals surface area contributed by atoms with Gasteiger partial charge in [-0.25, -0.2) is 8.42 Å². The molecule has 2 aliphatic heterocycles. The quantitative estimate of drug-likeness (QED) is 0.527. The average molecular weight is 493 g/mol. The van der Waals surface area contributed by atoms with Crippen LogP contribution in [0.3, 0.4) is 0 Å². The number of hydrogen-bond acceptors (Lipinski definition) is 5. The number of benzene rings is 3. The lowest BCUT2D eigenvalue weighted by molar-refractivity contribution is -0.123. The molecule has 35 heavy (non-hydrogen) atoms. The largest absolute Gasteiger partial charge is 0.369 e. The van der Waals surface area contributed by atoms with Crippen LogP contribution in [0.2, 0.25) is 0 Å². The van der Waals surface area contributed by atoms with Gasteiger partial charge in [0.2, 0.25) is 11.8 Å². The summed E-state index contributed by atoms with van der Waals surface area (Å²) < 4.78 is 27.3. The molecule has 0 bridgehead atoms. The van der Waals surface area contributed by atoms with Crippen LogP contribution in [0, 0.1) is 5.92 Å². The minimum absolute atomic E-state index is 0.00761. The van der Waals surface area contributed by atoms with Crippen LogP contribution >= 0.6 is 0 Å². The van der Waals surface area contributed by atoms with Crippen molar-refractivity contribution in [3.05, 3.63) is 66.2 Å². The van der Waals surface area contributed by atoms with E-state index >= 15 is 0 Å². The van der Waals surface area contributed by atoms with Gasteiger partial charge in [-0.3, -0.25) is 13.9 Å². The van der Waals surface area contributed by atoms with Crippen molar-refractivity contribution in [1.82, 2.24) is 4.90 Å². The second-order valence-corrected chi connectivity index (χ2v) is 11.0. The number of hydrogen-bond donors (Lipinski definition) is 2. The van der Waals surface area contributed by atoms with Crippen molar-refractivity contribution in [3.63, 3.8) is 0 Å². The van der Waals surface area contributed by atoms with Gasteiger partial charge >= 0.3 is 0 Å². The second kappa shape index (κ2) is 9.31. The van der Waals surface area contributed by atoms with Crippen LogP contribution in [-0.2, 0) is 26.0 Å². The second-order valence-electron chi connectivity index (χ2n) is 9.16. The average Bonchev–Trinajstić information content (AvgIpc) is 3.07. The standard InChI is InChI=1S/C26H28N4O4S/c27-26(32)20-12-15-29(16-13-20)14-11-18-7-9-21(10-8-18)28-24(31)17-30-22-5-1-3-19-4-2-6-23(25(19)22)35(30,33)34/h1-10,20H,11-17H2,(H2,27,32)(H,28,31). The summed E-state index contributed by atoms with van der Waals surface area (Å²) >= 11 is 0. The number of nitrogens with two attached hydrogens (primary N) is 1. The topological polar surface area (TPSA) is 113 Å².